The molecule has 2 atom stereocenters. The van der Waals surface area contributed by atoms with E-state index in [-0.39, 0.29) is 24.4 Å². The Morgan fingerprint density at radius 1 is 1.36 bits per heavy atom. The zero-order valence-electron chi connectivity index (χ0n) is 13.5. The van der Waals surface area contributed by atoms with E-state index in [0.29, 0.717) is 12.5 Å². The second kappa shape index (κ2) is 6.88. The van der Waals surface area contributed by atoms with Crippen molar-refractivity contribution in [3.63, 3.8) is 0 Å². The van der Waals surface area contributed by atoms with Crippen LogP contribution in [0.1, 0.15) is 29.5 Å². The average Bonchev–Trinajstić information content (AvgIpc) is 3.06. The summed E-state index contributed by atoms with van der Waals surface area (Å²) in [4.78, 5) is 14.8. The fraction of sp³-hybridized carbons (Fsp3) is 0.588. The van der Waals surface area contributed by atoms with Crippen LogP contribution >= 0.6 is 12.4 Å². The standard InChI is InChI=1S/C17H24N2O2.ClH/c1-11-7-13-9-16(21-15(13)8-12(11)2)17(20)19-6-4-5-14(19)10-18-3;/h7-8,14,16,18H,4-6,9-10H2,1-3H3;1H. The van der Waals surface area contributed by atoms with Crippen molar-refractivity contribution in [2.24, 2.45) is 0 Å². The second-order valence-corrected chi connectivity index (χ2v) is 6.24. The van der Waals surface area contributed by atoms with Crippen molar-refractivity contribution in [3.8, 4) is 5.75 Å². The zero-order chi connectivity index (χ0) is 15.0. The number of halogens is 1. The van der Waals surface area contributed by atoms with Crippen molar-refractivity contribution in [1.82, 2.24) is 10.2 Å². The molecule has 1 saturated heterocycles. The van der Waals surface area contributed by atoms with Gasteiger partial charge >= 0.3 is 0 Å². The summed E-state index contributed by atoms with van der Waals surface area (Å²) < 4.78 is 5.93. The summed E-state index contributed by atoms with van der Waals surface area (Å²) >= 11 is 0. The van der Waals surface area contributed by atoms with Gasteiger partial charge in [0.15, 0.2) is 6.10 Å². The van der Waals surface area contributed by atoms with E-state index in [4.69, 9.17) is 4.74 Å². The van der Waals surface area contributed by atoms with Crippen molar-refractivity contribution >= 4 is 18.3 Å². The number of amides is 1. The molecule has 1 N–H and O–H groups in total. The molecule has 0 aromatic heterocycles. The molecule has 2 aliphatic rings. The Morgan fingerprint density at radius 3 is 2.82 bits per heavy atom. The predicted octanol–water partition coefficient (Wildman–Crippen LogP) is 2.24. The normalized spacial score (nSPS) is 23.0. The van der Waals surface area contributed by atoms with Gasteiger partial charge in [0, 0.05) is 25.6 Å². The fourth-order valence-electron chi connectivity index (χ4n) is 3.41. The topological polar surface area (TPSA) is 41.6 Å². The van der Waals surface area contributed by atoms with Gasteiger partial charge in [0.2, 0.25) is 0 Å². The molecule has 0 spiro atoms. The molecule has 22 heavy (non-hydrogen) atoms. The highest BCUT2D eigenvalue weighted by atomic mass is 35.5. The van der Waals surface area contributed by atoms with Gasteiger partial charge in [0.25, 0.3) is 5.91 Å². The van der Waals surface area contributed by atoms with Crippen LogP contribution in [0.15, 0.2) is 12.1 Å². The summed E-state index contributed by atoms with van der Waals surface area (Å²) in [6.45, 7) is 5.91. The van der Waals surface area contributed by atoms with E-state index in [1.165, 1.54) is 16.7 Å². The maximum atomic E-state index is 12.7. The van der Waals surface area contributed by atoms with Crippen LogP contribution in [0, 0.1) is 13.8 Å². The molecule has 0 aliphatic carbocycles. The lowest BCUT2D eigenvalue weighted by molar-refractivity contribution is -0.138. The summed E-state index contributed by atoms with van der Waals surface area (Å²) in [7, 11) is 1.94. The minimum atomic E-state index is -0.335. The number of ether oxygens (including phenoxy) is 1. The molecule has 2 heterocycles. The third-order valence-electron chi connectivity index (χ3n) is 4.73. The molecule has 0 radical (unpaired) electrons. The molecule has 2 aliphatic heterocycles. The second-order valence-electron chi connectivity index (χ2n) is 6.24. The summed E-state index contributed by atoms with van der Waals surface area (Å²) in [5.41, 5.74) is 3.65. The van der Waals surface area contributed by atoms with Gasteiger partial charge in [-0.25, -0.2) is 0 Å². The van der Waals surface area contributed by atoms with Crippen LogP contribution in [0.25, 0.3) is 0 Å². The smallest absolute Gasteiger partial charge is 0.264 e. The molecule has 5 heteroatoms. The van der Waals surface area contributed by atoms with Gasteiger partial charge in [0.05, 0.1) is 0 Å². The quantitative estimate of drug-likeness (QED) is 0.927. The van der Waals surface area contributed by atoms with Crippen LogP contribution in [0.3, 0.4) is 0 Å². The van der Waals surface area contributed by atoms with Gasteiger partial charge in [-0.05, 0) is 56.5 Å². The summed E-state index contributed by atoms with van der Waals surface area (Å²) in [6.07, 6.45) is 2.55. The molecule has 2 unspecified atom stereocenters. The highest BCUT2D eigenvalue weighted by molar-refractivity contribution is 5.85. The Kier molecular flexibility index (Phi) is 5.35. The minimum absolute atomic E-state index is 0. The number of nitrogens with zero attached hydrogens (tertiary/aromatic N) is 1. The van der Waals surface area contributed by atoms with E-state index < -0.39 is 0 Å². The molecule has 0 saturated carbocycles. The van der Waals surface area contributed by atoms with E-state index in [9.17, 15) is 4.79 Å². The largest absolute Gasteiger partial charge is 0.480 e. The summed E-state index contributed by atoms with van der Waals surface area (Å²) in [6, 6.07) is 4.54. The lowest BCUT2D eigenvalue weighted by Gasteiger charge is -2.26. The van der Waals surface area contributed by atoms with Crippen molar-refractivity contribution in [2.75, 3.05) is 20.1 Å². The third kappa shape index (κ3) is 3.08. The summed E-state index contributed by atoms with van der Waals surface area (Å²) in [5, 5.41) is 3.18. The van der Waals surface area contributed by atoms with E-state index in [2.05, 4.69) is 31.3 Å². The van der Waals surface area contributed by atoms with Crippen molar-refractivity contribution in [3.05, 3.63) is 28.8 Å². The van der Waals surface area contributed by atoms with Crippen LogP contribution in [0.4, 0.5) is 0 Å². The molecule has 0 bridgehead atoms. The van der Waals surface area contributed by atoms with E-state index >= 15 is 0 Å². The first-order chi connectivity index (χ1) is 10.1. The molecule has 1 fully saturated rings. The highest BCUT2D eigenvalue weighted by Crippen LogP contribution is 2.33. The highest BCUT2D eigenvalue weighted by Gasteiger charge is 2.37. The number of nitrogens with one attached hydrogen (secondary N) is 1. The maximum absolute atomic E-state index is 12.7. The van der Waals surface area contributed by atoms with Crippen LogP contribution in [-0.2, 0) is 11.2 Å². The number of benzene rings is 1. The number of rotatable bonds is 3. The van der Waals surface area contributed by atoms with Gasteiger partial charge in [-0.3, -0.25) is 4.79 Å². The van der Waals surface area contributed by atoms with Crippen LogP contribution < -0.4 is 10.1 Å². The Labute approximate surface area is 138 Å². The van der Waals surface area contributed by atoms with Gasteiger partial charge in [-0.15, -0.1) is 12.4 Å². The molecular formula is C17H25ClN2O2. The third-order valence-corrected chi connectivity index (χ3v) is 4.73. The van der Waals surface area contributed by atoms with Crippen molar-refractivity contribution in [1.29, 1.82) is 0 Å². The van der Waals surface area contributed by atoms with Gasteiger partial charge in [-0.2, -0.15) is 0 Å². The molecule has 122 valence electrons. The number of aryl methyl sites for hydroxylation is 2. The lowest BCUT2D eigenvalue weighted by atomic mass is 10.0. The molecule has 4 nitrogen and oxygen atoms in total. The minimum Gasteiger partial charge on any atom is -0.480 e. The number of hydrogen-bond donors (Lipinski definition) is 1. The fourth-order valence-corrected chi connectivity index (χ4v) is 3.41. The first-order valence-electron chi connectivity index (χ1n) is 7.82. The zero-order valence-corrected chi connectivity index (χ0v) is 14.3. The first-order valence-corrected chi connectivity index (χ1v) is 7.82. The first kappa shape index (κ1) is 17.1. The van der Waals surface area contributed by atoms with Gasteiger partial charge < -0.3 is 15.0 Å². The Bertz CT molecular complexity index is 531. The van der Waals surface area contributed by atoms with E-state index in [0.717, 1.165) is 31.7 Å². The average molecular weight is 325 g/mol. The van der Waals surface area contributed by atoms with Crippen LogP contribution in [-0.4, -0.2) is 43.1 Å². The van der Waals surface area contributed by atoms with Gasteiger partial charge in [0.1, 0.15) is 5.75 Å². The molecule has 1 aromatic rings. The molecule has 1 amide bonds. The summed E-state index contributed by atoms with van der Waals surface area (Å²) in [5.74, 6) is 1.04. The maximum Gasteiger partial charge on any atom is 0.264 e. The van der Waals surface area contributed by atoms with E-state index in [1.54, 1.807) is 0 Å². The number of fused-ring (bicyclic) bond motifs is 1. The molecule has 1 aromatic carbocycles. The van der Waals surface area contributed by atoms with E-state index in [1.807, 2.05) is 11.9 Å². The molecular weight excluding hydrogens is 300 g/mol. The Balaban J connectivity index is 0.00000176. The number of carbonyl (C=O) groups excluding carboxylic acids is 1. The Morgan fingerprint density at radius 2 is 2.09 bits per heavy atom. The SMILES string of the molecule is CNCC1CCCN1C(=O)C1Cc2cc(C)c(C)cc2O1.Cl. The van der Waals surface area contributed by atoms with Crippen LogP contribution in [0.2, 0.25) is 0 Å². The predicted molar refractivity (Wildman–Crippen MR) is 89.9 cm³/mol. The molecule has 3 rings (SSSR count). The number of hydrogen-bond acceptors (Lipinski definition) is 3. The number of likely N-dealkylation sites (N-methyl/N-ethyl adjacent to an activating group) is 1. The van der Waals surface area contributed by atoms with Crippen molar-refractivity contribution < 1.29 is 9.53 Å². The van der Waals surface area contributed by atoms with Gasteiger partial charge in [-0.1, -0.05) is 6.07 Å². The number of likely N-dealkylation sites (tertiary alicyclic amines) is 1. The monoisotopic (exact) mass is 324 g/mol. The Hall–Kier alpha value is -1.26. The van der Waals surface area contributed by atoms with Crippen LogP contribution in [0.5, 0.6) is 5.75 Å². The van der Waals surface area contributed by atoms with Crippen molar-refractivity contribution in [2.45, 2.75) is 45.3 Å². The number of carbonyl (C=O) groups is 1. The lowest BCUT2D eigenvalue weighted by Crippen LogP contribution is -2.46.